The third-order valence-electron chi connectivity index (χ3n) is 3.60. The van der Waals surface area contributed by atoms with Crippen molar-refractivity contribution in [3.05, 3.63) is 42.2 Å². The third-order valence-corrected chi connectivity index (χ3v) is 3.87. The summed E-state index contributed by atoms with van der Waals surface area (Å²) >= 11 is 5.73. The van der Waals surface area contributed by atoms with Crippen molar-refractivity contribution in [1.29, 1.82) is 0 Å². The van der Waals surface area contributed by atoms with E-state index in [2.05, 4.69) is 24.1 Å². The maximum Gasteiger partial charge on any atom is 0.270 e. The summed E-state index contributed by atoms with van der Waals surface area (Å²) in [6.07, 6.45) is 3.62. The van der Waals surface area contributed by atoms with Gasteiger partial charge in [0.05, 0.1) is 0 Å². The van der Waals surface area contributed by atoms with Gasteiger partial charge in [0, 0.05) is 24.0 Å². The number of fused-ring (bicyclic) bond motifs is 1. The lowest BCUT2D eigenvalue weighted by Gasteiger charge is -2.24. The first-order chi connectivity index (χ1) is 10.0. The zero-order chi connectivity index (χ0) is 15.3. The number of alkyl halides is 1. The number of aromatic nitrogens is 1. The average Bonchev–Trinajstić information content (AvgIpc) is 2.50. The first-order valence-electron chi connectivity index (χ1n) is 7.21. The van der Waals surface area contributed by atoms with Crippen LogP contribution in [0.3, 0.4) is 0 Å². The summed E-state index contributed by atoms with van der Waals surface area (Å²) in [7, 11) is 0. The molecule has 2 rings (SSSR count). The molecule has 1 amide bonds. The molecule has 0 aliphatic carbocycles. The molecule has 1 heterocycles. The minimum atomic E-state index is -0.120. The summed E-state index contributed by atoms with van der Waals surface area (Å²) < 4.78 is 0. The summed E-state index contributed by atoms with van der Waals surface area (Å²) in [6, 6.07) is 9.70. The fourth-order valence-corrected chi connectivity index (χ4v) is 2.47. The molecule has 2 aromatic rings. The SMILES string of the molecule is CC(C)(CCCCl)CNC(=O)c1nccc2ccccc12. The molecule has 0 saturated carbocycles. The molecule has 112 valence electrons. The van der Waals surface area contributed by atoms with Gasteiger partial charge in [-0.25, -0.2) is 0 Å². The van der Waals surface area contributed by atoms with Gasteiger partial charge in [-0.2, -0.15) is 0 Å². The number of rotatable bonds is 6. The predicted molar refractivity (Wildman–Crippen MR) is 87.8 cm³/mol. The molecular weight excluding hydrogens is 284 g/mol. The molecule has 1 N–H and O–H groups in total. The lowest BCUT2D eigenvalue weighted by atomic mass is 9.88. The molecule has 1 aromatic carbocycles. The topological polar surface area (TPSA) is 42.0 Å². The van der Waals surface area contributed by atoms with Crippen LogP contribution in [0.2, 0.25) is 0 Å². The number of benzene rings is 1. The van der Waals surface area contributed by atoms with Gasteiger partial charge in [-0.3, -0.25) is 9.78 Å². The Morgan fingerprint density at radius 1 is 1.29 bits per heavy atom. The van der Waals surface area contributed by atoms with E-state index in [1.165, 1.54) is 0 Å². The Kier molecular flexibility index (Phi) is 5.18. The summed E-state index contributed by atoms with van der Waals surface area (Å²) in [6.45, 7) is 4.89. The number of hydrogen-bond acceptors (Lipinski definition) is 2. The van der Waals surface area contributed by atoms with Crippen molar-refractivity contribution in [1.82, 2.24) is 10.3 Å². The zero-order valence-electron chi connectivity index (χ0n) is 12.5. The Bertz CT molecular complexity index is 620. The molecule has 3 nitrogen and oxygen atoms in total. The molecule has 0 atom stereocenters. The molecule has 0 radical (unpaired) electrons. The largest absolute Gasteiger partial charge is 0.350 e. The van der Waals surface area contributed by atoms with Crippen LogP contribution in [0.15, 0.2) is 36.5 Å². The van der Waals surface area contributed by atoms with Gasteiger partial charge in [0.1, 0.15) is 5.69 Å². The number of carbonyl (C=O) groups excluding carboxylic acids is 1. The normalized spacial score (nSPS) is 11.6. The minimum Gasteiger partial charge on any atom is -0.350 e. The van der Waals surface area contributed by atoms with Gasteiger partial charge in [-0.15, -0.1) is 11.6 Å². The number of halogens is 1. The van der Waals surface area contributed by atoms with E-state index in [-0.39, 0.29) is 11.3 Å². The fourth-order valence-electron chi connectivity index (χ4n) is 2.34. The predicted octanol–water partition coefficient (Wildman–Crippen LogP) is 4.01. The second-order valence-corrected chi connectivity index (χ2v) is 6.40. The Balaban J connectivity index is 2.09. The first-order valence-corrected chi connectivity index (χ1v) is 7.75. The van der Waals surface area contributed by atoms with Crippen molar-refractivity contribution in [2.75, 3.05) is 12.4 Å². The zero-order valence-corrected chi connectivity index (χ0v) is 13.3. The van der Waals surface area contributed by atoms with E-state index in [9.17, 15) is 4.79 Å². The number of nitrogens with one attached hydrogen (secondary N) is 1. The van der Waals surface area contributed by atoms with Crippen molar-refractivity contribution in [3.63, 3.8) is 0 Å². The standard InChI is InChI=1S/C17H21ClN2O/c1-17(2,9-5-10-18)12-20-16(21)15-14-7-4-3-6-13(14)8-11-19-15/h3-4,6-8,11H,5,9-10,12H2,1-2H3,(H,20,21). The van der Waals surface area contributed by atoms with Crippen LogP contribution >= 0.6 is 11.6 Å². The summed E-state index contributed by atoms with van der Waals surface area (Å²) in [4.78, 5) is 16.6. The molecule has 0 unspecified atom stereocenters. The van der Waals surface area contributed by atoms with E-state index < -0.39 is 0 Å². The van der Waals surface area contributed by atoms with Crippen molar-refractivity contribution in [2.24, 2.45) is 5.41 Å². The van der Waals surface area contributed by atoms with E-state index in [1.54, 1.807) is 6.20 Å². The number of nitrogens with zero attached hydrogens (tertiary/aromatic N) is 1. The smallest absolute Gasteiger partial charge is 0.270 e. The molecule has 0 aliphatic rings. The highest BCUT2D eigenvalue weighted by atomic mass is 35.5. The molecular formula is C17H21ClN2O. The van der Waals surface area contributed by atoms with Gasteiger partial charge in [0.2, 0.25) is 0 Å². The maximum absolute atomic E-state index is 12.4. The van der Waals surface area contributed by atoms with Crippen LogP contribution < -0.4 is 5.32 Å². The summed E-state index contributed by atoms with van der Waals surface area (Å²) in [5.41, 5.74) is 0.524. The quantitative estimate of drug-likeness (QED) is 0.819. The van der Waals surface area contributed by atoms with E-state index >= 15 is 0 Å². The lowest BCUT2D eigenvalue weighted by Crippen LogP contribution is -2.34. The highest BCUT2D eigenvalue weighted by Gasteiger charge is 2.19. The van der Waals surface area contributed by atoms with E-state index in [0.29, 0.717) is 18.1 Å². The van der Waals surface area contributed by atoms with Crippen molar-refractivity contribution < 1.29 is 4.79 Å². The van der Waals surface area contributed by atoms with E-state index in [1.807, 2.05) is 30.3 Å². The van der Waals surface area contributed by atoms with Crippen molar-refractivity contribution in [3.8, 4) is 0 Å². The van der Waals surface area contributed by atoms with Gasteiger partial charge >= 0.3 is 0 Å². The molecule has 1 aromatic heterocycles. The Labute approximate surface area is 130 Å². The van der Waals surface area contributed by atoms with Gasteiger partial charge in [0.25, 0.3) is 5.91 Å². The van der Waals surface area contributed by atoms with Crippen molar-refractivity contribution >= 4 is 28.3 Å². The Hall–Kier alpha value is -1.61. The second kappa shape index (κ2) is 6.90. The second-order valence-electron chi connectivity index (χ2n) is 6.02. The van der Waals surface area contributed by atoms with Gasteiger partial charge in [-0.1, -0.05) is 38.1 Å². The van der Waals surface area contributed by atoms with Crippen molar-refractivity contribution in [2.45, 2.75) is 26.7 Å². The monoisotopic (exact) mass is 304 g/mol. The third kappa shape index (κ3) is 4.18. The van der Waals surface area contributed by atoms with Gasteiger partial charge in [-0.05, 0) is 29.7 Å². The molecule has 21 heavy (non-hydrogen) atoms. The molecule has 4 heteroatoms. The van der Waals surface area contributed by atoms with Crippen LogP contribution in [0.5, 0.6) is 0 Å². The number of pyridine rings is 1. The minimum absolute atomic E-state index is 0.0368. The number of amides is 1. The lowest BCUT2D eigenvalue weighted by molar-refractivity contribution is 0.0931. The van der Waals surface area contributed by atoms with Crippen LogP contribution in [0.1, 0.15) is 37.2 Å². The first kappa shape index (κ1) is 15.8. The highest BCUT2D eigenvalue weighted by Crippen LogP contribution is 2.22. The van der Waals surface area contributed by atoms with Crippen LogP contribution in [-0.2, 0) is 0 Å². The van der Waals surface area contributed by atoms with E-state index in [0.717, 1.165) is 23.6 Å². The fraction of sp³-hybridized carbons (Fsp3) is 0.412. The molecule has 0 aliphatic heterocycles. The van der Waals surface area contributed by atoms with Crippen LogP contribution in [-0.4, -0.2) is 23.3 Å². The highest BCUT2D eigenvalue weighted by molar-refractivity contribution is 6.17. The van der Waals surface area contributed by atoms with Crippen LogP contribution in [0, 0.1) is 5.41 Å². The van der Waals surface area contributed by atoms with Gasteiger partial charge < -0.3 is 5.32 Å². The van der Waals surface area contributed by atoms with E-state index in [4.69, 9.17) is 11.6 Å². The maximum atomic E-state index is 12.4. The molecule has 0 bridgehead atoms. The molecule has 0 spiro atoms. The summed E-state index contributed by atoms with van der Waals surface area (Å²) in [5.74, 6) is 0.535. The molecule has 0 saturated heterocycles. The average molecular weight is 305 g/mol. The van der Waals surface area contributed by atoms with Crippen LogP contribution in [0.25, 0.3) is 10.8 Å². The number of carbonyl (C=O) groups is 1. The summed E-state index contributed by atoms with van der Waals surface area (Å²) in [5, 5.41) is 4.91. The number of hydrogen-bond donors (Lipinski definition) is 1. The van der Waals surface area contributed by atoms with Gasteiger partial charge in [0.15, 0.2) is 0 Å². The Morgan fingerprint density at radius 2 is 2.05 bits per heavy atom. The molecule has 0 fully saturated rings. The Morgan fingerprint density at radius 3 is 2.81 bits per heavy atom. The van der Waals surface area contributed by atoms with Crippen LogP contribution in [0.4, 0.5) is 0 Å².